The van der Waals surface area contributed by atoms with E-state index in [1.54, 1.807) is 0 Å². The maximum atomic E-state index is 12.3. The number of esters is 1. The van der Waals surface area contributed by atoms with Gasteiger partial charge in [-0.1, -0.05) is 43.0 Å². The van der Waals surface area contributed by atoms with Crippen molar-refractivity contribution in [2.75, 3.05) is 11.9 Å². The zero-order chi connectivity index (χ0) is 13.7. The average Bonchev–Trinajstić information content (AvgIpc) is 2.43. The first kappa shape index (κ1) is 14.2. The van der Waals surface area contributed by atoms with Gasteiger partial charge in [-0.05, 0) is 31.9 Å². The molecule has 1 aliphatic carbocycles. The van der Waals surface area contributed by atoms with Crippen LogP contribution in [0.3, 0.4) is 0 Å². The minimum Gasteiger partial charge on any atom is -0.464 e. The van der Waals surface area contributed by atoms with Gasteiger partial charge in [0.15, 0.2) is 0 Å². The highest BCUT2D eigenvalue weighted by Gasteiger charge is 2.41. The number of ether oxygens (including phenoxy) is 1. The second-order valence-electron chi connectivity index (χ2n) is 4.97. The van der Waals surface area contributed by atoms with Crippen molar-refractivity contribution in [1.82, 2.24) is 0 Å². The Morgan fingerprint density at radius 3 is 2.63 bits per heavy atom. The van der Waals surface area contributed by atoms with E-state index in [0.717, 1.165) is 31.4 Å². The number of hydrogen-bond donors (Lipinski definition) is 1. The number of carbonyl (C=O) groups is 1. The van der Waals surface area contributed by atoms with Crippen molar-refractivity contribution in [3.63, 3.8) is 0 Å². The van der Waals surface area contributed by atoms with Crippen molar-refractivity contribution >= 4 is 23.3 Å². The van der Waals surface area contributed by atoms with Crippen LogP contribution in [-0.2, 0) is 9.53 Å². The van der Waals surface area contributed by atoms with Crippen molar-refractivity contribution in [2.24, 2.45) is 0 Å². The van der Waals surface area contributed by atoms with Crippen molar-refractivity contribution in [1.29, 1.82) is 0 Å². The van der Waals surface area contributed by atoms with Gasteiger partial charge in [0.1, 0.15) is 5.54 Å². The molecule has 3 nitrogen and oxygen atoms in total. The Balaban J connectivity index is 2.23. The average molecular weight is 282 g/mol. The third-order valence-corrected chi connectivity index (χ3v) is 3.95. The lowest BCUT2D eigenvalue weighted by atomic mass is 9.81. The standard InChI is InChI=1S/C15H20ClNO2/c1-2-19-14(18)15(10-6-3-7-11-15)17-13-9-5-4-8-12(13)16/h4-5,8-9,17H,2-3,6-7,10-11H2,1H3. The van der Waals surface area contributed by atoms with E-state index >= 15 is 0 Å². The molecule has 1 N–H and O–H groups in total. The molecule has 2 rings (SSSR count). The zero-order valence-electron chi connectivity index (χ0n) is 11.2. The highest BCUT2D eigenvalue weighted by molar-refractivity contribution is 6.33. The summed E-state index contributed by atoms with van der Waals surface area (Å²) in [5.41, 5.74) is 0.193. The van der Waals surface area contributed by atoms with E-state index in [-0.39, 0.29) is 5.97 Å². The van der Waals surface area contributed by atoms with Crippen LogP contribution in [0, 0.1) is 0 Å². The fourth-order valence-corrected chi connectivity index (χ4v) is 2.81. The first-order valence-corrected chi connectivity index (χ1v) is 7.26. The number of carbonyl (C=O) groups excluding carboxylic acids is 1. The van der Waals surface area contributed by atoms with Crippen LogP contribution < -0.4 is 5.32 Å². The topological polar surface area (TPSA) is 38.3 Å². The molecule has 104 valence electrons. The molecule has 0 atom stereocenters. The lowest BCUT2D eigenvalue weighted by molar-refractivity contribution is -0.149. The molecule has 4 heteroatoms. The van der Waals surface area contributed by atoms with Gasteiger partial charge in [0.2, 0.25) is 0 Å². The van der Waals surface area contributed by atoms with Gasteiger partial charge in [0.05, 0.1) is 17.3 Å². The predicted molar refractivity (Wildman–Crippen MR) is 77.5 cm³/mol. The Labute approximate surface area is 119 Å². The minimum absolute atomic E-state index is 0.158. The number of nitrogens with one attached hydrogen (secondary N) is 1. The third-order valence-electron chi connectivity index (χ3n) is 3.62. The highest BCUT2D eigenvalue weighted by atomic mass is 35.5. The van der Waals surface area contributed by atoms with Crippen LogP contribution in [0.25, 0.3) is 0 Å². The molecule has 1 aliphatic rings. The van der Waals surface area contributed by atoms with Crippen LogP contribution in [0.4, 0.5) is 5.69 Å². The number of hydrogen-bond acceptors (Lipinski definition) is 3. The fraction of sp³-hybridized carbons (Fsp3) is 0.533. The van der Waals surface area contributed by atoms with Gasteiger partial charge in [0.25, 0.3) is 0 Å². The molecule has 0 saturated heterocycles. The summed E-state index contributed by atoms with van der Waals surface area (Å²) in [6.07, 6.45) is 4.85. The number of para-hydroxylation sites is 1. The molecule has 1 aromatic rings. The summed E-state index contributed by atoms with van der Waals surface area (Å²) in [5, 5.41) is 3.98. The summed E-state index contributed by atoms with van der Waals surface area (Å²) in [4.78, 5) is 12.3. The molecule has 0 heterocycles. The molecule has 0 unspecified atom stereocenters. The van der Waals surface area contributed by atoms with Gasteiger partial charge < -0.3 is 10.1 Å². The molecule has 0 bridgehead atoms. The van der Waals surface area contributed by atoms with Crippen LogP contribution >= 0.6 is 11.6 Å². The second kappa shape index (κ2) is 6.29. The minimum atomic E-state index is -0.612. The van der Waals surface area contributed by atoms with Gasteiger partial charge in [0, 0.05) is 0 Å². The lowest BCUT2D eigenvalue weighted by Gasteiger charge is -2.36. The Kier molecular flexibility index (Phi) is 4.70. The van der Waals surface area contributed by atoms with Gasteiger partial charge in [-0.2, -0.15) is 0 Å². The SMILES string of the molecule is CCOC(=O)C1(Nc2ccccc2Cl)CCCCC1. The molecule has 0 spiro atoms. The van der Waals surface area contributed by atoms with Crippen LogP contribution in [0.1, 0.15) is 39.0 Å². The number of halogens is 1. The van der Waals surface area contributed by atoms with E-state index in [1.165, 1.54) is 6.42 Å². The Morgan fingerprint density at radius 1 is 1.32 bits per heavy atom. The molecule has 0 amide bonds. The lowest BCUT2D eigenvalue weighted by Crippen LogP contribution is -2.49. The van der Waals surface area contributed by atoms with Crippen molar-refractivity contribution < 1.29 is 9.53 Å². The maximum Gasteiger partial charge on any atom is 0.331 e. The van der Waals surface area contributed by atoms with Crippen LogP contribution in [0.15, 0.2) is 24.3 Å². The largest absolute Gasteiger partial charge is 0.464 e. The van der Waals surface area contributed by atoms with Gasteiger partial charge >= 0.3 is 5.97 Å². The second-order valence-corrected chi connectivity index (χ2v) is 5.38. The molecule has 1 fully saturated rings. The molecule has 0 aliphatic heterocycles. The number of anilines is 1. The summed E-state index contributed by atoms with van der Waals surface area (Å²) in [6.45, 7) is 2.24. The molecule has 19 heavy (non-hydrogen) atoms. The summed E-state index contributed by atoms with van der Waals surface area (Å²) >= 11 is 6.17. The number of rotatable bonds is 4. The fourth-order valence-electron chi connectivity index (χ4n) is 2.63. The summed E-state index contributed by atoms with van der Waals surface area (Å²) in [7, 11) is 0. The molecular formula is C15H20ClNO2. The van der Waals surface area contributed by atoms with Crippen molar-refractivity contribution in [3.05, 3.63) is 29.3 Å². The van der Waals surface area contributed by atoms with E-state index in [2.05, 4.69) is 5.32 Å². The molecule has 1 saturated carbocycles. The quantitative estimate of drug-likeness (QED) is 0.847. The summed E-state index contributed by atoms with van der Waals surface area (Å²) in [6, 6.07) is 7.52. The third kappa shape index (κ3) is 3.21. The Hall–Kier alpha value is -1.22. The highest BCUT2D eigenvalue weighted by Crippen LogP contribution is 2.35. The van der Waals surface area contributed by atoms with Crippen LogP contribution in [0.5, 0.6) is 0 Å². The van der Waals surface area contributed by atoms with Crippen molar-refractivity contribution in [3.8, 4) is 0 Å². The molecular weight excluding hydrogens is 262 g/mol. The van der Waals surface area contributed by atoms with Crippen molar-refractivity contribution in [2.45, 2.75) is 44.6 Å². The monoisotopic (exact) mass is 281 g/mol. The molecule has 0 radical (unpaired) electrons. The molecule has 0 aromatic heterocycles. The summed E-state index contributed by atoms with van der Waals surface area (Å²) in [5.74, 6) is -0.158. The van der Waals surface area contributed by atoms with E-state index < -0.39 is 5.54 Å². The van der Waals surface area contributed by atoms with Gasteiger partial charge in [-0.15, -0.1) is 0 Å². The maximum absolute atomic E-state index is 12.3. The van der Waals surface area contributed by atoms with Crippen LogP contribution in [0.2, 0.25) is 5.02 Å². The first-order chi connectivity index (χ1) is 9.18. The Bertz CT molecular complexity index is 442. The predicted octanol–water partition coefficient (Wildman–Crippen LogP) is 4.02. The van der Waals surface area contributed by atoms with E-state index in [1.807, 2.05) is 31.2 Å². The van der Waals surface area contributed by atoms with E-state index in [0.29, 0.717) is 11.6 Å². The first-order valence-electron chi connectivity index (χ1n) is 6.88. The molecule has 1 aromatic carbocycles. The Morgan fingerprint density at radius 2 is 2.00 bits per heavy atom. The smallest absolute Gasteiger partial charge is 0.331 e. The zero-order valence-corrected chi connectivity index (χ0v) is 12.0. The van der Waals surface area contributed by atoms with E-state index in [9.17, 15) is 4.79 Å². The van der Waals surface area contributed by atoms with Gasteiger partial charge in [-0.25, -0.2) is 4.79 Å². The van der Waals surface area contributed by atoms with Crippen LogP contribution in [-0.4, -0.2) is 18.1 Å². The number of benzene rings is 1. The normalized spacial score (nSPS) is 17.8. The summed E-state index contributed by atoms with van der Waals surface area (Å²) < 4.78 is 5.25. The van der Waals surface area contributed by atoms with Gasteiger partial charge in [-0.3, -0.25) is 0 Å². The van der Waals surface area contributed by atoms with E-state index in [4.69, 9.17) is 16.3 Å².